The van der Waals surface area contributed by atoms with Crippen molar-refractivity contribution in [2.24, 2.45) is 5.92 Å². The summed E-state index contributed by atoms with van der Waals surface area (Å²) in [7, 11) is 1.82. The molecule has 3 aromatic rings. The van der Waals surface area contributed by atoms with Crippen LogP contribution in [0.1, 0.15) is 30.9 Å². The Morgan fingerprint density at radius 1 is 1.14 bits per heavy atom. The number of carbonyl (C=O) groups excluding carboxylic acids is 1. The predicted octanol–water partition coefficient (Wildman–Crippen LogP) is 5.41. The average Bonchev–Trinajstić information content (AvgIpc) is 3.54. The van der Waals surface area contributed by atoms with Crippen molar-refractivity contribution in [3.63, 3.8) is 0 Å². The number of likely N-dealkylation sites (tertiary alicyclic amines) is 1. The molecule has 7 heteroatoms. The van der Waals surface area contributed by atoms with Crippen molar-refractivity contribution in [3.05, 3.63) is 64.4 Å². The number of thiophene rings is 1. The number of amides is 1. The quantitative estimate of drug-likeness (QED) is 0.421. The van der Waals surface area contributed by atoms with Crippen molar-refractivity contribution in [3.8, 4) is 28.4 Å². The van der Waals surface area contributed by atoms with E-state index in [9.17, 15) is 4.79 Å². The molecule has 184 valence electrons. The fourth-order valence-electron chi connectivity index (χ4n) is 4.77. The maximum Gasteiger partial charge on any atom is 0.260 e. The SMILES string of the molecule is CC1CCCN(Cc2cc(-c3ccc4c(c3)OCO4)ccc2OCC(=O)N(C)Cc2ccsc2)C1. The van der Waals surface area contributed by atoms with Gasteiger partial charge in [-0.15, -0.1) is 0 Å². The Bertz CT molecular complexity index is 1160. The topological polar surface area (TPSA) is 51.2 Å². The Morgan fingerprint density at radius 3 is 2.80 bits per heavy atom. The number of likely N-dealkylation sites (N-methyl/N-ethyl adjacent to an activating group) is 1. The first kappa shape index (κ1) is 23.7. The van der Waals surface area contributed by atoms with Gasteiger partial charge in [0.15, 0.2) is 18.1 Å². The van der Waals surface area contributed by atoms with Crippen LogP contribution in [0.4, 0.5) is 0 Å². The van der Waals surface area contributed by atoms with E-state index >= 15 is 0 Å². The third-order valence-corrected chi connectivity index (χ3v) is 7.41. The molecular weight excluding hydrogens is 460 g/mol. The number of carbonyl (C=O) groups is 1. The number of hydrogen-bond acceptors (Lipinski definition) is 6. The summed E-state index contributed by atoms with van der Waals surface area (Å²) in [4.78, 5) is 17.0. The van der Waals surface area contributed by atoms with Crippen LogP contribution in [-0.4, -0.2) is 49.2 Å². The molecule has 6 nitrogen and oxygen atoms in total. The highest BCUT2D eigenvalue weighted by Crippen LogP contribution is 2.37. The van der Waals surface area contributed by atoms with E-state index in [-0.39, 0.29) is 19.3 Å². The van der Waals surface area contributed by atoms with E-state index in [1.54, 1.807) is 16.2 Å². The van der Waals surface area contributed by atoms with Crippen molar-refractivity contribution in [2.45, 2.75) is 32.9 Å². The zero-order valence-electron chi connectivity index (χ0n) is 20.4. The summed E-state index contributed by atoms with van der Waals surface area (Å²) in [5, 5.41) is 4.09. The van der Waals surface area contributed by atoms with E-state index in [1.807, 2.05) is 36.7 Å². The largest absolute Gasteiger partial charge is 0.483 e. The van der Waals surface area contributed by atoms with Crippen LogP contribution >= 0.6 is 11.3 Å². The number of fused-ring (bicyclic) bond motifs is 1. The predicted molar refractivity (Wildman–Crippen MR) is 138 cm³/mol. The van der Waals surface area contributed by atoms with E-state index in [0.717, 1.165) is 59.1 Å². The van der Waals surface area contributed by atoms with E-state index in [2.05, 4.69) is 35.4 Å². The third-order valence-electron chi connectivity index (χ3n) is 6.68. The molecule has 1 amide bonds. The average molecular weight is 493 g/mol. The van der Waals surface area contributed by atoms with Gasteiger partial charge in [-0.2, -0.15) is 11.3 Å². The molecule has 5 rings (SSSR count). The second-order valence-corrected chi connectivity index (χ2v) is 10.3. The Labute approximate surface area is 211 Å². The lowest BCUT2D eigenvalue weighted by Gasteiger charge is -2.31. The number of benzene rings is 2. The normalized spacial score (nSPS) is 17.4. The Kier molecular flexibility index (Phi) is 7.25. The van der Waals surface area contributed by atoms with E-state index < -0.39 is 0 Å². The highest BCUT2D eigenvalue weighted by atomic mass is 32.1. The molecular formula is C28H32N2O4S. The first-order valence-electron chi connectivity index (χ1n) is 12.2. The molecule has 2 aliphatic heterocycles. The van der Waals surface area contributed by atoms with Gasteiger partial charge in [-0.3, -0.25) is 9.69 Å². The van der Waals surface area contributed by atoms with Gasteiger partial charge < -0.3 is 19.1 Å². The second-order valence-electron chi connectivity index (χ2n) is 9.54. The summed E-state index contributed by atoms with van der Waals surface area (Å²) in [5.74, 6) is 2.98. The number of rotatable bonds is 8. The van der Waals surface area contributed by atoms with Gasteiger partial charge in [0.2, 0.25) is 6.79 Å². The molecule has 1 saturated heterocycles. The molecule has 2 aromatic carbocycles. The highest BCUT2D eigenvalue weighted by Gasteiger charge is 2.20. The van der Waals surface area contributed by atoms with Crippen LogP contribution < -0.4 is 14.2 Å². The molecule has 0 saturated carbocycles. The van der Waals surface area contributed by atoms with E-state index in [4.69, 9.17) is 14.2 Å². The monoisotopic (exact) mass is 492 g/mol. The lowest BCUT2D eigenvalue weighted by molar-refractivity contribution is -0.132. The molecule has 0 radical (unpaired) electrons. The number of hydrogen-bond donors (Lipinski definition) is 0. The van der Waals surface area contributed by atoms with Crippen LogP contribution in [0.25, 0.3) is 11.1 Å². The first-order chi connectivity index (χ1) is 17.0. The smallest absolute Gasteiger partial charge is 0.260 e. The minimum absolute atomic E-state index is 0.0212. The first-order valence-corrected chi connectivity index (χ1v) is 13.1. The number of ether oxygens (including phenoxy) is 3. The molecule has 0 spiro atoms. The molecule has 2 aliphatic rings. The Hall–Kier alpha value is -3.03. The van der Waals surface area contributed by atoms with Gasteiger partial charge in [0.25, 0.3) is 5.91 Å². The zero-order chi connectivity index (χ0) is 24.2. The highest BCUT2D eigenvalue weighted by molar-refractivity contribution is 7.07. The van der Waals surface area contributed by atoms with Crippen molar-refractivity contribution >= 4 is 17.2 Å². The van der Waals surface area contributed by atoms with E-state index in [1.165, 1.54) is 12.8 Å². The molecule has 3 heterocycles. The van der Waals surface area contributed by atoms with Crippen LogP contribution in [0.3, 0.4) is 0 Å². The fraction of sp³-hybridized carbons (Fsp3) is 0.393. The summed E-state index contributed by atoms with van der Waals surface area (Å²) in [5.41, 5.74) is 4.40. The fourth-order valence-corrected chi connectivity index (χ4v) is 5.42. The van der Waals surface area contributed by atoms with Crippen molar-refractivity contribution in [1.82, 2.24) is 9.80 Å². The lowest BCUT2D eigenvalue weighted by Crippen LogP contribution is -2.34. The Balaban J connectivity index is 1.34. The third kappa shape index (κ3) is 5.80. The molecule has 1 fully saturated rings. The van der Waals surface area contributed by atoms with Crippen molar-refractivity contribution < 1.29 is 19.0 Å². The summed E-state index contributed by atoms with van der Waals surface area (Å²) < 4.78 is 17.2. The number of piperidine rings is 1. The lowest BCUT2D eigenvalue weighted by atomic mass is 9.98. The number of nitrogens with zero attached hydrogens (tertiary/aromatic N) is 2. The minimum Gasteiger partial charge on any atom is -0.483 e. The van der Waals surface area contributed by atoms with Gasteiger partial charge in [-0.05, 0) is 83.1 Å². The molecule has 0 bridgehead atoms. The summed E-state index contributed by atoms with van der Waals surface area (Å²) in [6, 6.07) is 14.3. The summed E-state index contributed by atoms with van der Waals surface area (Å²) in [6.45, 7) is 6.15. The maximum atomic E-state index is 12.8. The summed E-state index contributed by atoms with van der Waals surface area (Å²) in [6.07, 6.45) is 2.49. The van der Waals surface area contributed by atoms with Crippen molar-refractivity contribution in [2.75, 3.05) is 33.5 Å². The van der Waals surface area contributed by atoms with Gasteiger partial charge in [0, 0.05) is 32.2 Å². The molecule has 1 atom stereocenters. The molecule has 1 unspecified atom stereocenters. The van der Waals surface area contributed by atoms with Crippen molar-refractivity contribution in [1.29, 1.82) is 0 Å². The molecule has 0 aliphatic carbocycles. The minimum atomic E-state index is -0.0337. The molecule has 35 heavy (non-hydrogen) atoms. The molecule has 0 N–H and O–H groups in total. The van der Waals surface area contributed by atoms with Crippen LogP contribution in [0.5, 0.6) is 17.2 Å². The maximum absolute atomic E-state index is 12.8. The van der Waals surface area contributed by atoms with Crippen LogP contribution in [0, 0.1) is 5.92 Å². The zero-order valence-corrected chi connectivity index (χ0v) is 21.2. The van der Waals surface area contributed by atoms with Gasteiger partial charge in [-0.25, -0.2) is 0 Å². The van der Waals surface area contributed by atoms with Crippen LogP contribution in [-0.2, 0) is 17.9 Å². The van der Waals surface area contributed by atoms with Crippen LogP contribution in [0.15, 0.2) is 53.2 Å². The summed E-state index contributed by atoms with van der Waals surface area (Å²) >= 11 is 1.64. The second kappa shape index (κ2) is 10.7. The van der Waals surface area contributed by atoms with Gasteiger partial charge in [-0.1, -0.05) is 19.1 Å². The standard InChI is InChI=1S/C28H32N2O4S/c1-20-4-3-10-30(14-20)16-24-12-22(23-6-8-26-27(13-23)34-19-33-26)5-7-25(24)32-17-28(31)29(2)15-21-9-11-35-18-21/h5-9,11-13,18,20H,3-4,10,14-17,19H2,1-2H3. The van der Waals surface area contributed by atoms with Gasteiger partial charge in [0.1, 0.15) is 5.75 Å². The van der Waals surface area contributed by atoms with E-state index in [0.29, 0.717) is 12.5 Å². The van der Waals surface area contributed by atoms with Gasteiger partial charge in [0.05, 0.1) is 0 Å². The van der Waals surface area contributed by atoms with Crippen LogP contribution in [0.2, 0.25) is 0 Å². The molecule has 1 aromatic heterocycles. The Morgan fingerprint density at radius 2 is 1.97 bits per heavy atom. The van der Waals surface area contributed by atoms with Gasteiger partial charge >= 0.3 is 0 Å².